The molecule has 3 rings (SSSR count). The van der Waals surface area contributed by atoms with Crippen LogP contribution in [-0.4, -0.2) is 25.0 Å². The van der Waals surface area contributed by atoms with Gasteiger partial charge in [-0.05, 0) is 57.0 Å². The number of nitrogens with one attached hydrogen (secondary N) is 2. The molecule has 2 aliphatic carbocycles. The first kappa shape index (κ1) is 12.2. The Labute approximate surface area is 103 Å². The highest BCUT2D eigenvalue weighted by Gasteiger charge is 2.45. The lowest BCUT2D eigenvalue weighted by molar-refractivity contribution is -0.122. The molecule has 3 aliphatic rings. The van der Waals surface area contributed by atoms with Gasteiger partial charge in [0.2, 0.25) is 5.91 Å². The minimum Gasteiger partial charge on any atom is -0.353 e. The summed E-state index contributed by atoms with van der Waals surface area (Å²) >= 11 is 0. The van der Waals surface area contributed by atoms with Gasteiger partial charge >= 0.3 is 0 Å². The Morgan fingerprint density at radius 1 is 1.12 bits per heavy atom. The van der Waals surface area contributed by atoms with Gasteiger partial charge in [0, 0.05) is 12.0 Å². The van der Waals surface area contributed by atoms with E-state index < -0.39 is 0 Å². The fourth-order valence-electron chi connectivity index (χ4n) is 2.82. The number of piperidine rings is 1. The summed E-state index contributed by atoms with van der Waals surface area (Å²) in [4.78, 5) is 11.6. The minimum atomic E-state index is 0. The van der Waals surface area contributed by atoms with E-state index in [2.05, 4.69) is 10.6 Å². The molecule has 2 atom stereocenters. The molecular formula is C12H21ClN2O. The van der Waals surface area contributed by atoms with Gasteiger partial charge in [0.1, 0.15) is 0 Å². The average molecular weight is 245 g/mol. The molecule has 16 heavy (non-hydrogen) atoms. The summed E-state index contributed by atoms with van der Waals surface area (Å²) in [6.45, 7) is 2.34. The third-order valence-corrected chi connectivity index (χ3v) is 4.10. The van der Waals surface area contributed by atoms with Crippen LogP contribution in [0.15, 0.2) is 0 Å². The lowest BCUT2D eigenvalue weighted by atomic mass is 9.93. The van der Waals surface area contributed by atoms with E-state index in [4.69, 9.17) is 0 Å². The lowest BCUT2D eigenvalue weighted by Gasteiger charge is -2.22. The summed E-state index contributed by atoms with van der Waals surface area (Å²) in [5.41, 5.74) is 0. The van der Waals surface area contributed by atoms with Crippen molar-refractivity contribution >= 4 is 18.3 Å². The monoisotopic (exact) mass is 244 g/mol. The Morgan fingerprint density at radius 2 is 1.81 bits per heavy atom. The van der Waals surface area contributed by atoms with Gasteiger partial charge in [-0.3, -0.25) is 4.79 Å². The van der Waals surface area contributed by atoms with E-state index in [9.17, 15) is 4.79 Å². The first-order valence-corrected chi connectivity index (χ1v) is 6.35. The Balaban J connectivity index is 0.000000963. The number of rotatable bonds is 3. The average Bonchev–Trinajstić information content (AvgIpc) is 3.14. The van der Waals surface area contributed by atoms with Crippen molar-refractivity contribution in [3.05, 3.63) is 0 Å². The molecule has 2 N–H and O–H groups in total. The Bertz CT molecular complexity index is 262. The van der Waals surface area contributed by atoms with Crippen molar-refractivity contribution in [2.24, 2.45) is 17.8 Å². The second-order valence-electron chi connectivity index (χ2n) is 5.38. The summed E-state index contributed by atoms with van der Waals surface area (Å²) in [6, 6.07) is 0.529. The van der Waals surface area contributed by atoms with E-state index in [-0.39, 0.29) is 12.4 Å². The number of hydrogen-bond donors (Lipinski definition) is 2. The second kappa shape index (κ2) is 4.92. The van der Waals surface area contributed by atoms with Crippen LogP contribution in [0.2, 0.25) is 0 Å². The second-order valence-corrected chi connectivity index (χ2v) is 5.38. The molecule has 92 valence electrons. The lowest BCUT2D eigenvalue weighted by Crippen LogP contribution is -2.33. The molecule has 1 aliphatic heterocycles. The van der Waals surface area contributed by atoms with Gasteiger partial charge in [-0.15, -0.1) is 12.4 Å². The molecule has 1 amide bonds. The van der Waals surface area contributed by atoms with Crippen molar-refractivity contribution in [3.8, 4) is 0 Å². The SMILES string of the molecule is Cl.O=C(N[C@@H]1C[C@H]1C1CCNCC1)C1CC1. The van der Waals surface area contributed by atoms with Crippen molar-refractivity contribution in [1.29, 1.82) is 0 Å². The molecule has 0 aromatic rings. The molecule has 0 spiro atoms. The summed E-state index contributed by atoms with van der Waals surface area (Å²) in [6.07, 6.45) is 6.09. The molecule has 4 heteroatoms. The normalized spacial score (nSPS) is 34.0. The predicted octanol–water partition coefficient (Wildman–Crippen LogP) is 1.32. The van der Waals surface area contributed by atoms with Gasteiger partial charge in [-0.2, -0.15) is 0 Å². The Morgan fingerprint density at radius 3 is 2.44 bits per heavy atom. The van der Waals surface area contributed by atoms with E-state index >= 15 is 0 Å². The topological polar surface area (TPSA) is 41.1 Å². The van der Waals surface area contributed by atoms with Crippen LogP contribution in [-0.2, 0) is 4.79 Å². The van der Waals surface area contributed by atoms with Crippen LogP contribution in [0.5, 0.6) is 0 Å². The molecule has 0 aromatic carbocycles. The highest BCUT2D eigenvalue weighted by molar-refractivity contribution is 5.85. The Kier molecular flexibility index (Phi) is 3.75. The van der Waals surface area contributed by atoms with Gasteiger partial charge in [0.15, 0.2) is 0 Å². The van der Waals surface area contributed by atoms with Crippen LogP contribution in [0.4, 0.5) is 0 Å². The van der Waals surface area contributed by atoms with Crippen LogP contribution in [0.1, 0.15) is 32.1 Å². The number of amides is 1. The van der Waals surface area contributed by atoms with Gasteiger partial charge in [-0.25, -0.2) is 0 Å². The number of carbonyl (C=O) groups excluding carboxylic acids is 1. The zero-order chi connectivity index (χ0) is 10.3. The first-order chi connectivity index (χ1) is 7.34. The fraction of sp³-hybridized carbons (Fsp3) is 0.917. The molecular weight excluding hydrogens is 224 g/mol. The van der Waals surface area contributed by atoms with Crippen molar-refractivity contribution in [2.75, 3.05) is 13.1 Å². The van der Waals surface area contributed by atoms with E-state index in [0.717, 1.165) is 24.7 Å². The van der Waals surface area contributed by atoms with Gasteiger partial charge in [-0.1, -0.05) is 0 Å². The maximum Gasteiger partial charge on any atom is 0.223 e. The fourth-order valence-corrected chi connectivity index (χ4v) is 2.82. The van der Waals surface area contributed by atoms with Crippen molar-refractivity contribution in [2.45, 2.75) is 38.1 Å². The maximum absolute atomic E-state index is 11.6. The molecule has 3 nitrogen and oxygen atoms in total. The van der Waals surface area contributed by atoms with E-state index in [1.807, 2.05) is 0 Å². The smallest absolute Gasteiger partial charge is 0.223 e. The van der Waals surface area contributed by atoms with Crippen molar-refractivity contribution in [1.82, 2.24) is 10.6 Å². The molecule has 0 unspecified atom stereocenters. The number of carbonyl (C=O) groups is 1. The van der Waals surface area contributed by atoms with Crippen molar-refractivity contribution in [3.63, 3.8) is 0 Å². The van der Waals surface area contributed by atoms with Crippen LogP contribution in [0, 0.1) is 17.8 Å². The maximum atomic E-state index is 11.6. The first-order valence-electron chi connectivity index (χ1n) is 6.35. The zero-order valence-electron chi connectivity index (χ0n) is 9.58. The number of halogens is 1. The predicted molar refractivity (Wildman–Crippen MR) is 65.6 cm³/mol. The minimum absolute atomic E-state index is 0. The molecule has 2 saturated carbocycles. The van der Waals surface area contributed by atoms with Crippen LogP contribution < -0.4 is 10.6 Å². The molecule has 0 radical (unpaired) electrons. The molecule has 0 bridgehead atoms. The zero-order valence-corrected chi connectivity index (χ0v) is 10.4. The Hall–Kier alpha value is -0.280. The number of hydrogen-bond acceptors (Lipinski definition) is 2. The van der Waals surface area contributed by atoms with Crippen LogP contribution in [0.25, 0.3) is 0 Å². The van der Waals surface area contributed by atoms with Gasteiger partial charge in [0.25, 0.3) is 0 Å². The third-order valence-electron chi connectivity index (χ3n) is 4.10. The largest absolute Gasteiger partial charge is 0.353 e. The molecule has 3 fully saturated rings. The summed E-state index contributed by atoms with van der Waals surface area (Å²) in [5, 5.41) is 6.60. The third kappa shape index (κ3) is 2.69. The molecule has 1 saturated heterocycles. The summed E-state index contributed by atoms with van der Waals surface area (Å²) in [5.74, 6) is 2.38. The summed E-state index contributed by atoms with van der Waals surface area (Å²) < 4.78 is 0. The van der Waals surface area contributed by atoms with E-state index in [1.165, 1.54) is 32.4 Å². The highest BCUT2D eigenvalue weighted by atomic mass is 35.5. The van der Waals surface area contributed by atoms with Crippen molar-refractivity contribution < 1.29 is 4.79 Å². The quantitative estimate of drug-likeness (QED) is 0.786. The molecule has 0 aromatic heterocycles. The molecule has 1 heterocycles. The van der Waals surface area contributed by atoms with Crippen LogP contribution >= 0.6 is 12.4 Å². The summed E-state index contributed by atoms with van der Waals surface area (Å²) in [7, 11) is 0. The van der Waals surface area contributed by atoms with E-state index in [0.29, 0.717) is 17.9 Å². The highest BCUT2D eigenvalue weighted by Crippen LogP contribution is 2.42. The standard InChI is InChI=1S/C12H20N2O.ClH/c15-12(9-1-2-9)14-11-7-10(11)8-3-5-13-6-4-8;/h8-11,13H,1-7H2,(H,14,15);1H/t10-,11+;/m0./s1. The van der Waals surface area contributed by atoms with Gasteiger partial charge in [0.05, 0.1) is 0 Å². The van der Waals surface area contributed by atoms with Gasteiger partial charge < -0.3 is 10.6 Å². The van der Waals surface area contributed by atoms with Crippen LogP contribution in [0.3, 0.4) is 0 Å². The van der Waals surface area contributed by atoms with E-state index in [1.54, 1.807) is 0 Å².